The van der Waals surface area contributed by atoms with Crippen LogP contribution in [0.5, 0.6) is 0 Å². The molecule has 21 nitrogen and oxygen atoms in total. The first-order valence-corrected chi connectivity index (χ1v) is 16.1. The summed E-state index contributed by atoms with van der Waals surface area (Å²) in [5.74, 6) is -7.80. The first kappa shape index (κ1) is 45.7. The SMILES string of the molecule is C[C@H](N)C(=O)N[C@@H](C)C(=O)N[C@@H](C)C(=O)N[C@@H](C)C(=O)N[C@@H](C)C(=O)N[C@@H](C)C(=O)N[C@@H](C)C(=O)N[C@@H](C)C(=O)N[C@@H](C)C(=O)N[C@@H](C)C(=O)O. The summed E-state index contributed by atoms with van der Waals surface area (Å²) in [7, 11) is 0. The van der Waals surface area contributed by atoms with Gasteiger partial charge in [0.2, 0.25) is 53.2 Å². The first-order chi connectivity index (χ1) is 23.4. The van der Waals surface area contributed by atoms with Crippen molar-refractivity contribution in [2.75, 3.05) is 0 Å². The van der Waals surface area contributed by atoms with Crippen molar-refractivity contribution in [3.8, 4) is 0 Å². The molecule has 0 heterocycles. The summed E-state index contributed by atoms with van der Waals surface area (Å²) in [5.41, 5.74) is 5.45. The molecule has 9 amide bonds. The summed E-state index contributed by atoms with van der Waals surface area (Å²) in [5, 5.41) is 30.1. The molecule has 0 spiro atoms. The van der Waals surface area contributed by atoms with Gasteiger partial charge in [0.1, 0.15) is 54.4 Å². The van der Waals surface area contributed by atoms with Crippen molar-refractivity contribution in [1.82, 2.24) is 47.9 Å². The number of hydrogen-bond acceptors (Lipinski definition) is 11. The summed E-state index contributed by atoms with van der Waals surface area (Å²) < 4.78 is 0. The van der Waals surface area contributed by atoms with E-state index >= 15 is 0 Å². The maximum absolute atomic E-state index is 12.7. The number of carbonyl (C=O) groups is 10. The third kappa shape index (κ3) is 16.3. The van der Waals surface area contributed by atoms with Gasteiger partial charge in [-0.1, -0.05) is 0 Å². The van der Waals surface area contributed by atoms with Crippen LogP contribution in [-0.4, -0.2) is 125 Å². The molecule has 0 fully saturated rings. The van der Waals surface area contributed by atoms with Crippen LogP contribution >= 0.6 is 0 Å². The molecule has 0 aromatic rings. The summed E-state index contributed by atoms with van der Waals surface area (Å²) in [6.07, 6.45) is 0. The van der Waals surface area contributed by atoms with Crippen molar-refractivity contribution in [2.45, 2.75) is 130 Å². The van der Waals surface area contributed by atoms with Gasteiger partial charge in [0.15, 0.2) is 0 Å². The number of carboxylic acids is 1. The van der Waals surface area contributed by atoms with Gasteiger partial charge >= 0.3 is 5.97 Å². The van der Waals surface area contributed by atoms with Gasteiger partial charge in [-0.25, -0.2) is 0 Å². The molecule has 0 aliphatic carbocycles. The molecule has 0 aromatic heterocycles. The molecule has 0 aliphatic rings. The molecule has 0 saturated carbocycles. The second-order valence-electron chi connectivity index (χ2n) is 12.2. The van der Waals surface area contributed by atoms with Gasteiger partial charge in [0.05, 0.1) is 6.04 Å². The van der Waals surface area contributed by atoms with Crippen LogP contribution in [0.3, 0.4) is 0 Å². The van der Waals surface area contributed by atoms with Crippen LogP contribution in [0, 0.1) is 0 Å². The van der Waals surface area contributed by atoms with Crippen molar-refractivity contribution in [1.29, 1.82) is 0 Å². The molecule has 0 saturated heterocycles. The van der Waals surface area contributed by atoms with Gasteiger partial charge in [-0.2, -0.15) is 0 Å². The standard InChI is InChI=1S/C30H52N10O11/c1-11(31)21(41)32-12(2)22(42)33-13(3)23(43)34-14(4)24(44)35-15(5)25(45)36-16(6)26(46)37-17(7)27(47)38-18(8)28(48)39-19(9)29(49)40-20(10)30(50)51/h11-20H,31H2,1-10H3,(H,32,41)(H,33,42)(H,34,43)(H,35,44)(H,36,45)(H,37,46)(H,38,47)(H,39,48)(H,40,49)(H,50,51)/t11-,12-,13-,14-,15-,16-,17-,18-,19-,20-/m0/s1. The molecular formula is C30H52N10O11. The molecule has 0 aliphatic heterocycles. The summed E-state index contributed by atoms with van der Waals surface area (Å²) in [6.45, 7) is 13.4. The molecule has 0 radical (unpaired) electrons. The van der Waals surface area contributed by atoms with E-state index in [1.807, 2.05) is 0 Å². The van der Waals surface area contributed by atoms with Crippen LogP contribution in [0.1, 0.15) is 69.2 Å². The van der Waals surface area contributed by atoms with E-state index in [0.717, 1.165) is 0 Å². The lowest BCUT2D eigenvalue weighted by Gasteiger charge is -2.23. The van der Waals surface area contributed by atoms with E-state index in [1.54, 1.807) is 0 Å². The summed E-state index contributed by atoms with van der Waals surface area (Å²) >= 11 is 0. The lowest BCUT2D eigenvalue weighted by atomic mass is 10.2. The molecule has 0 rings (SSSR count). The number of hydrogen-bond donors (Lipinski definition) is 11. The monoisotopic (exact) mass is 728 g/mol. The third-order valence-electron chi connectivity index (χ3n) is 7.16. The maximum atomic E-state index is 12.7. The Morgan fingerprint density at radius 1 is 0.314 bits per heavy atom. The zero-order valence-electron chi connectivity index (χ0n) is 30.4. The summed E-state index contributed by atoms with van der Waals surface area (Å²) in [4.78, 5) is 122. The molecule has 288 valence electrons. The van der Waals surface area contributed by atoms with Crippen LogP contribution < -0.4 is 53.6 Å². The number of nitrogens with one attached hydrogen (secondary N) is 9. The highest BCUT2D eigenvalue weighted by molar-refractivity contribution is 5.97. The van der Waals surface area contributed by atoms with Crippen molar-refractivity contribution in [3.63, 3.8) is 0 Å². The quantitative estimate of drug-likeness (QED) is 0.0596. The molecule has 0 unspecified atom stereocenters. The highest BCUT2D eigenvalue weighted by atomic mass is 16.4. The Balaban J connectivity index is 4.85. The molecule has 12 N–H and O–H groups in total. The lowest BCUT2D eigenvalue weighted by molar-refractivity contribution is -0.141. The molecule has 10 atom stereocenters. The Morgan fingerprint density at radius 2 is 0.451 bits per heavy atom. The van der Waals surface area contributed by atoms with E-state index in [9.17, 15) is 47.9 Å². The van der Waals surface area contributed by atoms with Crippen molar-refractivity contribution >= 4 is 59.1 Å². The van der Waals surface area contributed by atoms with Crippen molar-refractivity contribution < 1.29 is 53.1 Å². The van der Waals surface area contributed by atoms with Crippen LogP contribution in [0.25, 0.3) is 0 Å². The molecule has 0 bridgehead atoms. The fourth-order valence-electron chi connectivity index (χ4n) is 3.64. The van der Waals surface area contributed by atoms with Gasteiger partial charge in [-0.15, -0.1) is 0 Å². The van der Waals surface area contributed by atoms with Crippen LogP contribution in [-0.2, 0) is 47.9 Å². The van der Waals surface area contributed by atoms with E-state index in [1.165, 1.54) is 69.2 Å². The van der Waals surface area contributed by atoms with Gasteiger partial charge in [0.25, 0.3) is 0 Å². The molecule has 0 aromatic carbocycles. The van der Waals surface area contributed by atoms with Crippen LogP contribution in [0.15, 0.2) is 0 Å². The second kappa shape index (κ2) is 21.0. The van der Waals surface area contributed by atoms with Gasteiger partial charge in [-0.3, -0.25) is 47.9 Å². The first-order valence-electron chi connectivity index (χ1n) is 16.1. The minimum atomic E-state index is -1.27. The summed E-state index contributed by atoms with van der Waals surface area (Å²) in [6, 6.07) is -11.0. The Morgan fingerprint density at radius 3 is 0.588 bits per heavy atom. The Labute approximate surface area is 295 Å². The number of amides is 9. The smallest absolute Gasteiger partial charge is 0.325 e. The van der Waals surface area contributed by atoms with E-state index in [0.29, 0.717) is 0 Å². The third-order valence-corrected chi connectivity index (χ3v) is 7.16. The Hall–Kier alpha value is -5.34. The largest absolute Gasteiger partial charge is 0.480 e. The molecule has 21 heteroatoms. The number of nitrogens with two attached hydrogens (primary N) is 1. The van der Waals surface area contributed by atoms with E-state index in [4.69, 9.17) is 10.8 Å². The average molecular weight is 729 g/mol. The van der Waals surface area contributed by atoms with E-state index < -0.39 is 120 Å². The van der Waals surface area contributed by atoms with Crippen LogP contribution in [0.4, 0.5) is 0 Å². The number of aliphatic carboxylic acids is 1. The highest BCUT2D eigenvalue weighted by Crippen LogP contribution is 1.96. The normalized spacial score (nSPS) is 16.6. The van der Waals surface area contributed by atoms with Gasteiger partial charge < -0.3 is 58.7 Å². The van der Waals surface area contributed by atoms with Crippen molar-refractivity contribution in [2.24, 2.45) is 5.73 Å². The van der Waals surface area contributed by atoms with Crippen LogP contribution in [0.2, 0.25) is 0 Å². The Bertz CT molecular complexity index is 1340. The predicted molar refractivity (Wildman–Crippen MR) is 180 cm³/mol. The molecule has 51 heavy (non-hydrogen) atoms. The minimum Gasteiger partial charge on any atom is -0.480 e. The topological polar surface area (TPSA) is 325 Å². The van der Waals surface area contributed by atoms with E-state index in [2.05, 4.69) is 47.9 Å². The number of rotatable bonds is 19. The molecular weight excluding hydrogens is 676 g/mol. The average Bonchev–Trinajstić information content (AvgIpc) is 3.03. The van der Waals surface area contributed by atoms with E-state index in [-0.39, 0.29) is 0 Å². The number of carbonyl (C=O) groups excluding carboxylic acids is 9. The zero-order valence-corrected chi connectivity index (χ0v) is 30.4. The predicted octanol–water partition coefficient (Wildman–Crippen LogP) is -5.04. The minimum absolute atomic E-state index is 0.562. The fourth-order valence-corrected chi connectivity index (χ4v) is 3.64. The fraction of sp³-hybridized carbons (Fsp3) is 0.667. The highest BCUT2D eigenvalue weighted by Gasteiger charge is 2.29. The number of carboxylic acid groups (broad SMARTS) is 1. The second-order valence-corrected chi connectivity index (χ2v) is 12.2. The lowest BCUT2D eigenvalue weighted by Crippen LogP contribution is -2.58. The Kier molecular flexibility index (Phi) is 18.8. The van der Waals surface area contributed by atoms with Gasteiger partial charge in [0, 0.05) is 0 Å². The maximum Gasteiger partial charge on any atom is 0.325 e. The zero-order chi connectivity index (χ0) is 39.9. The van der Waals surface area contributed by atoms with Crippen molar-refractivity contribution in [3.05, 3.63) is 0 Å². The van der Waals surface area contributed by atoms with Gasteiger partial charge in [-0.05, 0) is 69.2 Å².